The maximum Gasteiger partial charge on any atom is 0.229 e. The molecule has 1 N–H and O–H groups in total. The Morgan fingerprint density at radius 3 is 3.10 bits per heavy atom. The number of carbonyl (C=O) groups is 1. The van der Waals surface area contributed by atoms with Crippen molar-refractivity contribution in [1.82, 2.24) is 4.90 Å². The number of carbonyl (C=O) groups excluding carboxylic acids is 1. The number of aliphatic hydroxyl groups excluding tert-OH is 1. The molecule has 4 heteroatoms. The lowest BCUT2D eigenvalue weighted by atomic mass is 10.2. The predicted octanol–water partition coefficient (Wildman–Crippen LogP) is -1.06. The first kappa shape index (κ1) is 6.12. The molecule has 0 saturated carbocycles. The molecule has 0 aliphatic carbocycles. The average molecular weight is 143 g/mol. The molecule has 2 rings (SSSR count). The van der Waals surface area contributed by atoms with Gasteiger partial charge in [-0.1, -0.05) is 0 Å². The van der Waals surface area contributed by atoms with E-state index in [0.717, 1.165) is 0 Å². The van der Waals surface area contributed by atoms with E-state index in [-0.39, 0.29) is 24.8 Å². The van der Waals surface area contributed by atoms with E-state index in [1.807, 2.05) is 0 Å². The highest BCUT2D eigenvalue weighted by atomic mass is 16.5. The van der Waals surface area contributed by atoms with E-state index >= 15 is 0 Å². The van der Waals surface area contributed by atoms with Gasteiger partial charge in [-0.25, -0.2) is 0 Å². The van der Waals surface area contributed by atoms with E-state index in [1.54, 1.807) is 4.90 Å². The molecule has 56 valence electrons. The van der Waals surface area contributed by atoms with E-state index in [1.165, 1.54) is 0 Å². The van der Waals surface area contributed by atoms with E-state index in [4.69, 9.17) is 9.84 Å². The highest BCUT2D eigenvalue weighted by molar-refractivity contribution is 5.82. The normalized spacial score (nSPS) is 37.7. The van der Waals surface area contributed by atoms with Gasteiger partial charge < -0.3 is 14.7 Å². The summed E-state index contributed by atoms with van der Waals surface area (Å²) in [4.78, 5) is 12.4. The first-order chi connectivity index (χ1) is 4.81. The number of fused-ring (bicyclic) bond motifs is 1. The minimum atomic E-state index is -0.142. The first-order valence-electron chi connectivity index (χ1n) is 3.37. The van der Waals surface area contributed by atoms with E-state index in [0.29, 0.717) is 13.0 Å². The van der Waals surface area contributed by atoms with Gasteiger partial charge in [-0.3, -0.25) is 4.79 Å². The Labute approximate surface area is 58.4 Å². The fourth-order valence-electron chi connectivity index (χ4n) is 1.35. The Bertz CT molecular complexity index is 170. The lowest BCUT2D eigenvalue weighted by Gasteiger charge is -2.31. The lowest BCUT2D eigenvalue weighted by Crippen LogP contribution is -2.48. The Morgan fingerprint density at radius 1 is 1.80 bits per heavy atom. The van der Waals surface area contributed by atoms with Crippen molar-refractivity contribution in [1.29, 1.82) is 0 Å². The minimum absolute atomic E-state index is 0.0142. The molecule has 10 heavy (non-hydrogen) atoms. The molecular weight excluding hydrogens is 134 g/mol. The van der Waals surface area contributed by atoms with Gasteiger partial charge in [0.2, 0.25) is 5.91 Å². The van der Waals surface area contributed by atoms with Crippen molar-refractivity contribution in [3.8, 4) is 0 Å². The number of ether oxygens (including phenoxy) is 1. The predicted molar refractivity (Wildman–Crippen MR) is 32.1 cm³/mol. The highest BCUT2D eigenvalue weighted by Crippen LogP contribution is 2.27. The van der Waals surface area contributed by atoms with Gasteiger partial charge in [0.05, 0.1) is 19.6 Å². The molecular formula is C6H9NO3. The number of rotatable bonds is 1. The van der Waals surface area contributed by atoms with Crippen molar-refractivity contribution in [3.63, 3.8) is 0 Å². The van der Waals surface area contributed by atoms with Crippen LogP contribution < -0.4 is 0 Å². The van der Waals surface area contributed by atoms with Gasteiger partial charge in [0.15, 0.2) is 0 Å². The molecule has 0 spiro atoms. The van der Waals surface area contributed by atoms with Gasteiger partial charge >= 0.3 is 0 Å². The Kier molecular flexibility index (Phi) is 1.18. The summed E-state index contributed by atoms with van der Waals surface area (Å²) in [5.74, 6) is 0.140. The van der Waals surface area contributed by atoms with Crippen molar-refractivity contribution in [2.45, 2.75) is 18.8 Å². The average Bonchev–Trinajstić information content (AvgIpc) is 2.26. The number of β-lactam (4-membered cyclic amide) rings is 1. The topological polar surface area (TPSA) is 49.8 Å². The van der Waals surface area contributed by atoms with Gasteiger partial charge in [0.1, 0.15) is 12.3 Å². The Morgan fingerprint density at radius 2 is 2.60 bits per heavy atom. The molecule has 0 radical (unpaired) electrons. The Hall–Kier alpha value is -0.610. The maximum atomic E-state index is 10.7. The van der Waals surface area contributed by atoms with Crippen molar-refractivity contribution >= 4 is 5.91 Å². The molecule has 2 aliphatic heterocycles. The third-order valence-electron chi connectivity index (χ3n) is 1.97. The summed E-state index contributed by atoms with van der Waals surface area (Å²) in [7, 11) is 0. The summed E-state index contributed by atoms with van der Waals surface area (Å²) < 4.78 is 5.24. The summed E-state index contributed by atoms with van der Waals surface area (Å²) in [6, 6.07) is 0. The van der Waals surface area contributed by atoms with Crippen LogP contribution in [0, 0.1) is 0 Å². The molecule has 0 aromatic rings. The van der Waals surface area contributed by atoms with E-state index in [2.05, 4.69) is 0 Å². The molecule has 2 heterocycles. The van der Waals surface area contributed by atoms with Crippen LogP contribution in [-0.4, -0.2) is 41.4 Å². The van der Waals surface area contributed by atoms with Crippen LogP contribution in [0.4, 0.5) is 0 Å². The zero-order valence-electron chi connectivity index (χ0n) is 5.49. The summed E-state index contributed by atoms with van der Waals surface area (Å²) >= 11 is 0. The second-order valence-electron chi connectivity index (χ2n) is 2.65. The molecule has 2 fully saturated rings. The first-order valence-corrected chi connectivity index (χ1v) is 3.37. The van der Waals surface area contributed by atoms with Crippen LogP contribution in [0.3, 0.4) is 0 Å². The summed E-state index contributed by atoms with van der Waals surface area (Å²) in [5.41, 5.74) is 0. The highest BCUT2D eigenvalue weighted by Gasteiger charge is 2.44. The molecule has 0 bridgehead atoms. The zero-order chi connectivity index (χ0) is 7.14. The molecule has 4 nitrogen and oxygen atoms in total. The molecule has 0 unspecified atom stereocenters. The molecule has 2 atom stereocenters. The van der Waals surface area contributed by atoms with E-state index in [9.17, 15) is 4.79 Å². The molecule has 2 aliphatic rings. The summed E-state index contributed by atoms with van der Waals surface area (Å²) in [6.45, 7) is 0.584. The van der Waals surface area contributed by atoms with Gasteiger partial charge in [-0.2, -0.15) is 0 Å². The number of amides is 1. The van der Waals surface area contributed by atoms with Crippen LogP contribution in [0.15, 0.2) is 0 Å². The van der Waals surface area contributed by atoms with Crippen molar-refractivity contribution < 1.29 is 14.6 Å². The smallest absolute Gasteiger partial charge is 0.229 e. The Balaban J connectivity index is 1.99. The SMILES string of the molecule is O=C1C[C@H]2O[C@H](CO)CN12. The lowest BCUT2D eigenvalue weighted by molar-refractivity contribution is -0.156. The molecule has 2 saturated heterocycles. The van der Waals surface area contributed by atoms with Gasteiger partial charge in [-0.15, -0.1) is 0 Å². The largest absolute Gasteiger partial charge is 0.394 e. The van der Waals surface area contributed by atoms with Crippen molar-refractivity contribution in [2.24, 2.45) is 0 Å². The second kappa shape index (κ2) is 1.93. The van der Waals surface area contributed by atoms with Crippen molar-refractivity contribution in [3.05, 3.63) is 0 Å². The second-order valence-corrected chi connectivity index (χ2v) is 2.65. The van der Waals surface area contributed by atoms with Crippen LogP contribution in [0.5, 0.6) is 0 Å². The number of hydrogen-bond acceptors (Lipinski definition) is 3. The molecule has 0 aromatic carbocycles. The van der Waals surface area contributed by atoms with Crippen LogP contribution in [0.25, 0.3) is 0 Å². The standard InChI is InChI=1S/C6H9NO3/c8-3-4-2-7-5(9)1-6(7)10-4/h4,6,8H,1-3H2/t4-,6+/m0/s1. The van der Waals surface area contributed by atoms with Crippen LogP contribution in [-0.2, 0) is 9.53 Å². The third kappa shape index (κ3) is 0.660. The van der Waals surface area contributed by atoms with Crippen LogP contribution >= 0.6 is 0 Å². The maximum absolute atomic E-state index is 10.7. The van der Waals surface area contributed by atoms with Crippen molar-refractivity contribution in [2.75, 3.05) is 13.2 Å². The summed E-state index contributed by atoms with van der Waals surface area (Å²) in [6.07, 6.45) is 0.331. The van der Waals surface area contributed by atoms with E-state index < -0.39 is 0 Å². The number of aliphatic hydroxyl groups is 1. The number of hydrogen-bond donors (Lipinski definition) is 1. The fourth-order valence-corrected chi connectivity index (χ4v) is 1.35. The quantitative estimate of drug-likeness (QED) is 0.476. The zero-order valence-corrected chi connectivity index (χ0v) is 5.49. The van der Waals surface area contributed by atoms with Crippen LogP contribution in [0.1, 0.15) is 6.42 Å². The third-order valence-corrected chi connectivity index (χ3v) is 1.97. The minimum Gasteiger partial charge on any atom is -0.394 e. The van der Waals surface area contributed by atoms with Gasteiger partial charge in [-0.05, 0) is 0 Å². The monoisotopic (exact) mass is 143 g/mol. The number of nitrogens with zero attached hydrogens (tertiary/aromatic N) is 1. The van der Waals surface area contributed by atoms with Gasteiger partial charge in [0, 0.05) is 0 Å². The summed E-state index contributed by atoms with van der Waals surface area (Å²) in [5, 5.41) is 8.65. The van der Waals surface area contributed by atoms with Crippen LogP contribution in [0.2, 0.25) is 0 Å². The molecule has 1 amide bonds. The molecule has 0 aromatic heterocycles. The fraction of sp³-hybridized carbons (Fsp3) is 0.833. The van der Waals surface area contributed by atoms with Gasteiger partial charge in [0.25, 0.3) is 0 Å².